The second-order valence-corrected chi connectivity index (χ2v) is 9.29. The van der Waals surface area contributed by atoms with Crippen molar-refractivity contribution in [3.8, 4) is 0 Å². The Labute approximate surface area is 110 Å². The molecule has 4 aliphatic carbocycles. The molecular formula is C14H24O3S. The van der Waals surface area contributed by atoms with E-state index in [4.69, 9.17) is 0 Å². The van der Waals surface area contributed by atoms with E-state index in [1.54, 1.807) is 0 Å². The minimum absolute atomic E-state index is 0.224. The molecule has 0 aromatic rings. The Kier molecular flexibility index (Phi) is 3.02. The molecule has 0 radical (unpaired) electrons. The van der Waals surface area contributed by atoms with Crippen LogP contribution in [0.15, 0.2) is 0 Å². The van der Waals surface area contributed by atoms with Crippen molar-refractivity contribution < 1.29 is 13.5 Å². The van der Waals surface area contributed by atoms with Crippen LogP contribution in [-0.2, 0) is 9.84 Å². The predicted octanol–water partition coefficient (Wildman–Crippen LogP) is 2.00. The van der Waals surface area contributed by atoms with Crippen molar-refractivity contribution in [2.45, 2.75) is 50.5 Å². The zero-order valence-corrected chi connectivity index (χ0v) is 12.0. The van der Waals surface area contributed by atoms with Crippen molar-refractivity contribution in [1.29, 1.82) is 0 Å². The largest absolute Gasteiger partial charge is 0.389 e. The van der Waals surface area contributed by atoms with Crippen LogP contribution in [0.5, 0.6) is 0 Å². The predicted molar refractivity (Wildman–Crippen MR) is 70.9 cm³/mol. The Morgan fingerprint density at radius 1 is 1.06 bits per heavy atom. The molecule has 0 unspecified atom stereocenters. The fourth-order valence-electron chi connectivity index (χ4n) is 5.03. The van der Waals surface area contributed by atoms with Crippen LogP contribution >= 0.6 is 0 Å². The summed E-state index contributed by atoms with van der Waals surface area (Å²) in [7, 11) is -2.89. The van der Waals surface area contributed by atoms with Gasteiger partial charge in [-0.25, -0.2) is 8.42 Å². The van der Waals surface area contributed by atoms with Crippen molar-refractivity contribution in [3.63, 3.8) is 0 Å². The number of rotatable bonds is 4. The average Bonchev–Trinajstić information content (AvgIpc) is 2.23. The second-order valence-electron chi connectivity index (χ2n) is 7.03. The first-order valence-corrected chi connectivity index (χ1v) is 9.33. The molecule has 4 saturated carbocycles. The Balaban J connectivity index is 1.67. The lowest BCUT2D eigenvalue weighted by Gasteiger charge is -2.59. The molecule has 0 saturated heterocycles. The Morgan fingerprint density at radius 3 is 2.00 bits per heavy atom. The topological polar surface area (TPSA) is 54.4 Å². The van der Waals surface area contributed by atoms with Crippen LogP contribution in [0.4, 0.5) is 0 Å². The molecule has 4 fully saturated rings. The molecular weight excluding hydrogens is 248 g/mol. The zero-order valence-electron chi connectivity index (χ0n) is 11.1. The van der Waals surface area contributed by atoms with Gasteiger partial charge in [-0.2, -0.15) is 0 Å². The van der Waals surface area contributed by atoms with Crippen molar-refractivity contribution in [1.82, 2.24) is 0 Å². The standard InChI is InChI=1S/C14H24O3S/c1-18(16,17)4-2-3-14(15)12-6-10-5-11(8-12)9-13(14)7-10/h10-13,15H,2-9H2,1H3. The van der Waals surface area contributed by atoms with Gasteiger partial charge in [0.25, 0.3) is 0 Å². The van der Waals surface area contributed by atoms with Crippen LogP contribution in [0.1, 0.15) is 44.9 Å². The molecule has 4 aliphatic rings. The zero-order chi connectivity index (χ0) is 13.0. The molecule has 0 amide bonds. The van der Waals surface area contributed by atoms with Crippen LogP contribution in [0, 0.1) is 23.7 Å². The molecule has 0 aliphatic heterocycles. The highest BCUT2D eigenvalue weighted by Gasteiger charge is 2.55. The molecule has 0 spiro atoms. The maximum Gasteiger partial charge on any atom is 0.147 e. The first kappa shape index (κ1) is 12.9. The molecule has 4 rings (SSSR count). The lowest BCUT2D eigenvalue weighted by Crippen LogP contribution is -2.57. The average molecular weight is 272 g/mol. The van der Waals surface area contributed by atoms with Crippen LogP contribution in [0.3, 0.4) is 0 Å². The van der Waals surface area contributed by atoms with Gasteiger partial charge >= 0.3 is 0 Å². The molecule has 0 atom stereocenters. The summed E-state index contributed by atoms with van der Waals surface area (Å²) in [5.41, 5.74) is -0.544. The maximum absolute atomic E-state index is 11.2. The smallest absolute Gasteiger partial charge is 0.147 e. The molecule has 104 valence electrons. The van der Waals surface area contributed by atoms with Gasteiger partial charge in [-0.3, -0.25) is 0 Å². The molecule has 1 N–H and O–H groups in total. The maximum atomic E-state index is 11.2. The number of aliphatic hydroxyl groups is 1. The molecule has 4 heteroatoms. The van der Waals surface area contributed by atoms with E-state index in [1.165, 1.54) is 38.4 Å². The third-order valence-electron chi connectivity index (χ3n) is 5.64. The van der Waals surface area contributed by atoms with E-state index in [0.29, 0.717) is 24.7 Å². The number of hydrogen-bond acceptors (Lipinski definition) is 3. The summed E-state index contributed by atoms with van der Waals surface area (Å²) in [6.45, 7) is 0. The Morgan fingerprint density at radius 2 is 1.56 bits per heavy atom. The van der Waals surface area contributed by atoms with Gasteiger partial charge in [-0.15, -0.1) is 0 Å². The molecule has 0 aromatic heterocycles. The fourth-order valence-corrected chi connectivity index (χ4v) is 5.69. The van der Waals surface area contributed by atoms with Crippen molar-refractivity contribution in [2.75, 3.05) is 12.0 Å². The van der Waals surface area contributed by atoms with Crippen molar-refractivity contribution in [3.05, 3.63) is 0 Å². The van der Waals surface area contributed by atoms with Gasteiger partial charge in [0.2, 0.25) is 0 Å². The van der Waals surface area contributed by atoms with Crippen LogP contribution in [0.25, 0.3) is 0 Å². The number of hydrogen-bond donors (Lipinski definition) is 1. The Hall–Kier alpha value is -0.0900. The van der Waals surface area contributed by atoms with Crippen LogP contribution in [-0.4, -0.2) is 31.1 Å². The summed E-state index contributed by atoms with van der Waals surface area (Å²) in [6.07, 6.45) is 8.71. The second kappa shape index (κ2) is 4.20. The van der Waals surface area contributed by atoms with Crippen LogP contribution in [0.2, 0.25) is 0 Å². The van der Waals surface area contributed by atoms with Gasteiger partial charge in [0.05, 0.1) is 5.60 Å². The minimum Gasteiger partial charge on any atom is -0.389 e. The highest BCUT2D eigenvalue weighted by atomic mass is 32.2. The minimum atomic E-state index is -2.89. The summed E-state index contributed by atoms with van der Waals surface area (Å²) in [4.78, 5) is 0. The van der Waals surface area contributed by atoms with E-state index in [0.717, 1.165) is 11.8 Å². The lowest BCUT2D eigenvalue weighted by molar-refractivity contribution is -0.176. The summed E-state index contributed by atoms with van der Waals surface area (Å²) in [5, 5.41) is 11.0. The molecule has 4 bridgehead atoms. The highest BCUT2D eigenvalue weighted by molar-refractivity contribution is 7.90. The van der Waals surface area contributed by atoms with Gasteiger partial charge in [-0.1, -0.05) is 0 Å². The monoisotopic (exact) mass is 272 g/mol. The Bertz CT molecular complexity index is 398. The molecule has 18 heavy (non-hydrogen) atoms. The molecule has 0 heterocycles. The number of sulfone groups is 1. The van der Waals surface area contributed by atoms with E-state index in [1.807, 2.05) is 0 Å². The highest BCUT2D eigenvalue weighted by Crippen LogP contribution is 2.59. The quantitative estimate of drug-likeness (QED) is 0.851. The summed E-state index contributed by atoms with van der Waals surface area (Å²) in [5.74, 6) is 2.83. The summed E-state index contributed by atoms with van der Waals surface area (Å²) < 4.78 is 22.4. The summed E-state index contributed by atoms with van der Waals surface area (Å²) in [6, 6.07) is 0. The van der Waals surface area contributed by atoms with Gasteiger partial charge in [-0.05, 0) is 68.6 Å². The van der Waals surface area contributed by atoms with E-state index < -0.39 is 15.4 Å². The van der Waals surface area contributed by atoms with Gasteiger partial charge < -0.3 is 5.11 Å². The first-order chi connectivity index (χ1) is 8.37. The van der Waals surface area contributed by atoms with Crippen molar-refractivity contribution >= 4 is 9.84 Å². The fraction of sp³-hybridized carbons (Fsp3) is 1.00. The van der Waals surface area contributed by atoms with Crippen LogP contribution < -0.4 is 0 Å². The molecule has 0 aromatic carbocycles. The third-order valence-corrected chi connectivity index (χ3v) is 6.67. The van der Waals surface area contributed by atoms with E-state index in [-0.39, 0.29) is 5.75 Å². The SMILES string of the molecule is CS(=O)(=O)CCCC1(O)C2CC3CC(C2)CC1C3. The third kappa shape index (κ3) is 2.22. The van der Waals surface area contributed by atoms with Gasteiger partial charge in [0, 0.05) is 12.0 Å². The summed E-state index contributed by atoms with van der Waals surface area (Å²) >= 11 is 0. The van der Waals surface area contributed by atoms with E-state index in [9.17, 15) is 13.5 Å². The van der Waals surface area contributed by atoms with E-state index >= 15 is 0 Å². The van der Waals surface area contributed by atoms with Gasteiger partial charge in [0.1, 0.15) is 9.84 Å². The van der Waals surface area contributed by atoms with Crippen molar-refractivity contribution in [2.24, 2.45) is 23.7 Å². The first-order valence-electron chi connectivity index (χ1n) is 7.27. The molecule has 3 nitrogen and oxygen atoms in total. The van der Waals surface area contributed by atoms with E-state index in [2.05, 4.69) is 0 Å². The lowest BCUT2D eigenvalue weighted by atomic mass is 9.49. The normalized spacial score (nSPS) is 46.6. The van der Waals surface area contributed by atoms with Gasteiger partial charge in [0.15, 0.2) is 0 Å².